The predicted octanol–water partition coefficient (Wildman–Crippen LogP) is 2.98. The largest absolute Gasteiger partial charge is 0.379 e. The van der Waals surface area contributed by atoms with Crippen molar-refractivity contribution in [3.63, 3.8) is 0 Å². The fraction of sp³-hybridized carbons (Fsp3) is 0.625. The van der Waals surface area contributed by atoms with Crippen LogP contribution < -0.4 is 5.73 Å². The lowest BCUT2D eigenvalue weighted by atomic mass is 9.82. The molecular formula is C16H23ClN2O. The molecule has 1 aliphatic carbocycles. The van der Waals surface area contributed by atoms with Crippen molar-refractivity contribution in [1.82, 2.24) is 4.90 Å². The SMILES string of the molecule is NC(c1ccc(Cl)cc1)C1(N2CCOCC2)CCCC1. The van der Waals surface area contributed by atoms with Crippen molar-refractivity contribution >= 4 is 11.6 Å². The van der Waals surface area contributed by atoms with Crippen molar-refractivity contribution in [2.45, 2.75) is 37.3 Å². The Balaban J connectivity index is 1.87. The Morgan fingerprint density at radius 1 is 1.10 bits per heavy atom. The summed E-state index contributed by atoms with van der Waals surface area (Å²) in [6.45, 7) is 3.66. The van der Waals surface area contributed by atoms with E-state index in [4.69, 9.17) is 22.1 Å². The fourth-order valence-corrected chi connectivity index (χ4v) is 3.93. The van der Waals surface area contributed by atoms with Gasteiger partial charge in [0.05, 0.1) is 13.2 Å². The maximum Gasteiger partial charge on any atom is 0.0594 e. The number of nitrogens with two attached hydrogens (primary N) is 1. The molecule has 1 aromatic carbocycles. The molecular weight excluding hydrogens is 272 g/mol. The average Bonchev–Trinajstić information content (AvgIpc) is 2.99. The summed E-state index contributed by atoms with van der Waals surface area (Å²) in [6.07, 6.45) is 4.94. The number of halogens is 1. The Hall–Kier alpha value is -0.610. The van der Waals surface area contributed by atoms with E-state index in [2.05, 4.69) is 17.0 Å². The molecule has 1 aliphatic heterocycles. The Morgan fingerprint density at radius 3 is 2.30 bits per heavy atom. The maximum atomic E-state index is 6.69. The first-order chi connectivity index (χ1) is 9.72. The third kappa shape index (κ3) is 2.60. The number of morpholine rings is 1. The fourth-order valence-electron chi connectivity index (χ4n) is 3.80. The first-order valence-electron chi connectivity index (χ1n) is 7.56. The zero-order chi connectivity index (χ0) is 14.0. The van der Waals surface area contributed by atoms with Gasteiger partial charge in [0.15, 0.2) is 0 Å². The Labute approximate surface area is 126 Å². The van der Waals surface area contributed by atoms with Gasteiger partial charge in [-0.25, -0.2) is 0 Å². The Morgan fingerprint density at radius 2 is 1.70 bits per heavy atom. The summed E-state index contributed by atoms with van der Waals surface area (Å²) in [4.78, 5) is 2.57. The highest BCUT2D eigenvalue weighted by Gasteiger charge is 2.45. The lowest BCUT2D eigenvalue weighted by molar-refractivity contribution is -0.0311. The standard InChI is InChI=1S/C16H23ClN2O/c17-14-5-3-13(4-6-14)15(18)16(7-1-2-8-16)19-9-11-20-12-10-19/h3-6,15H,1-2,7-12,18H2. The van der Waals surface area contributed by atoms with E-state index in [1.54, 1.807) is 0 Å². The van der Waals surface area contributed by atoms with E-state index in [-0.39, 0.29) is 11.6 Å². The van der Waals surface area contributed by atoms with Gasteiger partial charge >= 0.3 is 0 Å². The van der Waals surface area contributed by atoms with Gasteiger partial charge in [-0.2, -0.15) is 0 Å². The van der Waals surface area contributed by atoms with Gasteiger partial charge in [0, 0.05) is 29.7 Å². The highest BCUT2D eigenvalue weighted by atomic mass is 35.5. The molecule has 4 heteroatoms. The minimum Gasteiger partial charge on any atom is -0.379 e. The van der Waals surface area contributed by atoms with E-state index >= 15 is 0 Å². The van der Waals surface area contributed by atoms with E-state index in [1.165, 1.54) is 31.2 Å². The van der Waals surface area contributed by atoms with E-state index in [0.29, 0.717) is 0 Å². The number of nitrogens with zero attached hydrogens (tertiary/aromatic N) is 1. The molecule has 0 amide bonds. The number of ether oxygens (including phenoxy) is 1. The van der Waals surface area contributed by atoms with E-state index in [9.17, 15) is 0 Å². The minimum absolute atomic E-state index is 0.0559. The molecule has 1 saturated carbocycles. The molecule has 1 heterocycles. The monoisotopic (exact) mass is 294 g/mol. The topological polar surface area (TPSA) is 38.5 Å². The van der Waals surface area contributed by atoms with Crippen LogP contribution in [0, 0.1) is 0 Å². The third-order valence-corrected chi connectivity index (χ3v) is 5.17. The zero-order valence-corrected chi connectivity index (χ0v) is 12.6. The molecule has 2 N–H and O–H groups in total. The van der Waals surface area contributed by atoms with Gasteiger partial charge in [-0.15, -0.1) is 0 Å². The second kappa shape index (κ2) is 6.02. The van der Waals surface area contributed by atoms with E-state index in [1.807, 2.05) is 12.1 Å². The molecule has 0 radical (unpaired) electrons. The molecule has 1 saturated heterocycles. The van der Waals surface area contributed by atoms with Crippen molar-refractivity contribution in [3.8, 4) is 0 Å². The molecule has 1 aromatic rings. The van der Waals surface area contributed by atoms with Crippen LogP contribution >= 0.6 is 11.6 Å². The highest BCUT2D eigenvalue weighted by Crippen LogP contribution is 2.43. The van der Waals surface area contributed by atoms with E-state index < -0.39 is 0 Å². The van der Waals surface area contributed by atoms with Crippen LogP contribution in [0.15, 0.2) is 24.3 Å². The van der Waals surface area contributed by atoms with Gasteiger partial charge in [-0.3, -0.25) is 4.90 Å². The molecule has 110 valence electrons. The first kappa shape index (κ1) is 14.3. The molecule has 1 atom stereocenters. The van der Waals surface area contributed by atoms with E-state index in [0.717, 1.165) is 31.3 Å². The summed E-state index contributed by atoms with van der Waals surface area (Å²) in [7, 11) is 0. The summed E-state index contributed by atoms with van der Waals surface area (Å²) < 4.78 is 5.51. The second-order valence-corrected chi connectivity index (χ2v) is 6.38. The van der Waals surface area contributed by atoms with Crippen LogP contribution in [-0.2, 0) is 4.74 Å². The zero-order valence-electron chi connectivity index (χ0n) is 11.9. The first-order valence-corrected chi connectivity index (χ1v) is 7.94. The van der Waals surface area contributed by atoms with Crippen LogP contribution in [0.3, 0.4) is 0 Å². The minimum atomic E-state index is 0.0559. The number of rotatable bonds is 3. The molecule has 20 heavy (non-hydrogen) atoms. The van der Waals surface area contributed by atoms with Crippen molar-refractivity contribution < 1.29 is 4.74 Å². The molecule has 3 nitrogen and oxygen atoms in total. The average molecular weight is 295 g/mol. The van der Waals surface area contributed by atoms with Crippen molar-refractivity contribution in [3.05, 3.63) is 34.9 Å². The second-order valence-electron chi connectivity index (χ2n) is 5.94. The molecule has 0 bridgehead atoms. The summed E-state index contributed by atoms with van der Waals surface area (Å²) in [6, 6.07) is 8.10. The van der Waals surface area contributed by atoms with Crippen molar-refractivity contribution in [2.24, 2.45) is 5.73 Å². The molecule has 2 fully saturated rings. The highest BCUT2D eigenvalue weighted by molar-refractivity contribution is 6.30. The number of hydrogen-bond acceptors (Lipinski definition) is 3. The summed E-state index contributed by atoms with van der Waals surface area (Å²) in [5.74, 6) is 0. The normalized spacial score (nSPS) is 24.7. The predicted molar refractivity (Wildman–Crippen MR) is 82.0 cm³/mol. The van der Waals surface area contributed by atoms with Crippen LogP contribution in [0.1, 0.15) is 37.3 Å². The van der Waals surface area contributed by atoms with Crippen LogP contribution in [0.25, 0.3) is 0 Å². The quantitative estimate of drug-likeness (QED) is 0.931. The van der Waals surface area contributed by atoms with Crippen LogP contribution in [0.5, 0.6) is 0 Å². The van der Waals surface area contributed by atoms with Gasteiger partial charge in [-0.1, -0.05) is 36.6 Å². The van der Waals surface area contributed by atoms with Crippen molar-refractivity contribution in [1.29, 1.82) is 0 Å². The summed E-state index contributed by atoms with van der Waals surface area (Å²) >= 11 is 5.99. The van der Waals surface area contributed by atoms with Gasteiger partial charge in [0.2, 0.25) is 0 Å². The Kier molecular flexibility index (Phi) is 4.32. The van der Waals surface area contributed by atoms with Gasteiger partial charge < -0.3 is 10.5 Å². The van der Waals surface area contributed by atoms with Crippen molar-refractivity contribution in [2.75, 3.05) is 26.3 Å². The third-order valence-electron chi connectivity index (χ3n) is 4.92. The molecule has 3 rings (SSSR count). The smallest absolute Gasteiger partial charge is 0.0594 e. The lowest BCUT2D eigenvalue weighted by Crippen LogP contribution is -2.57. The summed E-state index contributed by atoms with van der Waals surface area (Å²) in [5.41, 5.74) is 8.00. The van der Waals surface area contributed by atoms with Crippen LogP contribution in [0.2, 0.25) is 5.02 Å². The molecule has 2 aliphatic rings. The molecule has 1 unspecified atom stereocenters. The Bertz CT molecular complexity index is 436. The van der Waals surface area contributed by atoms with Gasteiger partial charge in [-0.05, 0) is 30.5 Å². The molecule has 0 aromatic heterocycles. The maximum absolute atomic E-state index is 6.69. The summed E-state index contributed by atoms with van der Waals surface area (Å²) in [5, 5.41) is 0.771. The van der Waals surface area contributed by atoms with Crippen LogP contribution in [-0.4, -0.2) is 36.7 Å². The van der Waals surface area contributed by atoms with Crippen LogP contribution in [0.4, 0.5) is 0 Å². The van der Waals surface area contributed by atoms with Gasteiger partial charge in [0.25, 0.3) is 0 Å². The lowest BCUT2D eigenvalue weighted by Gasteiger charge is -2.47. The van der Waals surface area contributed by atoms with Gasteiger partial charge in [0.1, 0.15) is 0 Å². The number of benzene rings is 1. The number of hydrogen-bond donors (Lipinski definition) is 1. The molecule has 0 spiro atoms.